The van der Waals surface area contributed by atoms with Gasteiger partial charge in [0.15, 0.2) is 15.5 Å². The minimum absolute atomic E-state index is 0.0783. The predicted octanol–water partition coefficient (Wildman–Crippen LogP) is 2.26. The van der Waals surface area contributed by atoms with Crippen molar-refractivity contribution in [2.75, 3.05) is 12.8 Å². The minimum atomic E-state index is -3.38. The summed E-state index contributed by atoms with van der Waals surface area (Å²) >= 11 is 0. The molecular formula is C32H39N5O7S. The van der Waals surface area contributed by atoms with Crippen LogP contribution in [0.3, 0.4) is 0 Å². The van der Waals surface area contributed by atoms with Crippen molar-refractivity contribution in [1.29, 1.82) is 0 Å². The molecule has 0 saturated heterocycles. The molecule has 3 aromatic rings. The molecule has 12 nitrogen and oxygen atoms in total. The fraction of sp³-hybridized carbons (Fsp3) is 0.406. The third-order valence-electron chi connectivity index (χ3n) is 7.47. The zero-order chi connectivity index (χ0) is 32.6. The lowest BCUT2D eigenvalue weighted by molar-refractivity contribution is -0.132. The van der Waals surface area contributed by atoms with E-state index in [-0.39, 0.29) is 41.7 Å². The number of sulfone groups is 1. The lowest BCUT2D eigenvalue weighted by atomic mass is 10.0. The molecule has 3 atom stereocenters. The number of rotatable bonds is 7. The first-order chi connectivity index (χ1) is 21.4. The lowest BCUT2D eigenvalue weighted by Crippen LogP contribution is -2.55. The van der Waals surface area contributed by atoms with Crippen LogP contribution in [0.2, 0.25) is 0 Å². The third kappa shape index (κ3) is 9.48. The average molecular weight is 638 g/mol. The summed E-state index contributed by atoms with van der Waals surface area (Å²) < 4.78 is 29.1. The maximum Gasteiger partial charge on any atom is 0.273 e. The van der Waals surface area contributed by atoms with Gasteiger partial charge in [-0.05, 0) is 48.4 Å². The summed E-state index contributed by atoms with van der Waals surface area (Å²) in [6.07, 6.45) is 3.73. The van der Waals surface area contributed by atoms with Crippen LogP contribution in [-0.2, 0) is 37.1 Å². The normalized spacial score (nSPS) is 20.2. The van der Waals surface area contributed by atoms with Crippen LogP contribution in [0, 0.1) is 5.92 Å². The first kappa shape index (κ1) is 33.4. The molecule has 2 heterocycles. The van der Waals surface area contributed by atoms with Crippen LogP contribution in [0.15, 0.2) is 70.2 Å². The van der Waals surface area contributed by atoms with Crippen molar-refractivity contribution in [2.45, 2.75) is 69.0 Å². The highest BCUT2D eigenvalue weighted by Gasteiger charge is 2.31. The van der Waals surface area contributed by atoms with E-state index in [4.69, 9.17) is 4.42 Å². The fourth-order valence-electron chi connectivity index (χ4n) is 4.95. The quantitative estimate of drug-likeness (QED) is 0.305. The Balaban J connectivity index is 1.57. The highest BCUT2D eigenvalue weighted by molar-refractivity contribution is 7.90. The molecule has 0 saturated carbocycles. The first-order valence-corrected chi connectivity index (χ1v) is 16.8. The van der Waals surface area contributed by atoms with Crippen LogP contribution in [-0.4, -0.2) is 61.9 Å². The van der Waals surface area contributed by atoms with Gasteiger partial charge in [0.1, 0.15) is 24.4 Å². The summed E-state index contributed by atoms with van der Waals surface area (Å²) in [5.41, 5.74) is 1.49. The molecule has 2 bridgehead atoms. The average Bonchev–Trinajstić information content (AvgIpc) is 3.48. The molecule has 45 heavy (non-hydrogen) atoms. The van der Waals surface area contributed by atoms with Gasteiger partial charge in [-0.25, -0.2) is 13.4 Å². The van der Waals surface area contributed by atoms with E-state index in [0.717, 1.165) is 11.8 Å². The van der Waals surface area contributed by atoms with Gasteiger partial charge in [0, 0.05) is 19.2 Å². The number of carbonyl (C=O) groups is 4. The van der Waals surface area contributed by atoms with Gasteiger partial charge in [0.25, 0.3) is 5.91 Å². The molecule has 4 N–H and O–H groups in total. The Morgan fingerprint density at radius 3 is 2.36 bits per heavy atom. The fourth-order valence-corrected chi connectivity index (χ4v) is 5.58. The van der Waals surface area contributed by atoms with Crippen molar-refractivity contribution in [3.05, 3.63) is 83.6 Å². The van der Waals surface area contributed by atoms with Crippen LogP contribution >= 0.6 is 0 Å². The molecule has 2 aromatic carbocycles. The van der Waals surface area contributed by atoms with Gasteiger partial charge in [0.2, 0.25) is 23.6 Å². The smallest absolute Gasteiger partial charge is 0.273 e. The van der Waals surface area contributed by atoms with E-state index >= 15 is 0 Å². The van der Waals surface area contributed by atoms with Gasteiger partial charge in [-0.15, -0.1) is 0 Å². The summed E-state index contributed by atoms with van der Waals surface area (Å²) in [6.45, 7) is 4.06. The van der Waals surface area contributed by atoms with E-state index in [1.807, 2.05) is 44.2 Å². The number of nitrogens with zero attached hydrogens (tertiary/aromatic N) is 1. The monoisotopic (exact) mass is 637 g/mol. The van der Waals surface area contributed by atoms with Crippen molar-refractivity contribution in [2.24, 2.45) is 5.92 Å². The predicted molar refractivity (Wildman–Crippen MR) is 166 cm³/mol. The van der Waals surface area contributed by atoms with Gasteiger partial charge >= 0.3 is 0 Å². The van der Waals surface area contributed by atoms with Gasteiger partial charge in [-0.2, -0.15) is 0 Å². The number of hydrogen-bond acceptors (Lipinski definition) is 8. The van der Waals surface area contributed by atoms with E-state index in [1.165, 1.54) is 18.4 Å². The summed E-state index contributed by atoms with van der Waals surface area (Å²) in [6, 6.07) is 12.6. The topological polar surface area (TPSA) is 177 Å². The molecule has 4 rings (SSSR count). The summed E-state index contributed by atoms with van der Waals surface area (Å²) in [7, 11) is -3.38. The lowest BCUT2D eigenvalue weighted by Gasteiger charge is -2.26. The van der Waals surface area contributed by atoms with E-state index < -0.39 is 51.6 Å². The highest BCUT2D eigenvalue weighted by atomic mass is 32.2. The Hall–Kier alpha value is -4.52. The number of carbonyl (C=O) groups excluding carboxylic acids is 4. The van der Waals surface area contributed by atoms with Crippen LogP contribution in [0.25, 0.3) is 0 Å². The van der Waals surface area contributed by atoms with Crippen molar-refractivity contribution >= 4 is 33.5 Å². The Kier molecular flexibility index (Phi) is 11.1. The highest BCUT2D eigenvalue weighted by Crippen LogP contribution is 2.22. The summed E-state index contributed by atoms with van der Waals surface area (Å²) in [5, 5.41) is 11.4. The van der Waals surface area contributed by atoms with Crippen LogP contribution in [0.5, 0.6) is 0 Å². The Morgan fingerprint density at radius 1 is 0.978 bits per heavy atom. The standard InChI is InChI=1S/C32H39N5O7S/c1-20(2)28-32-36-26(19-44-32)29(39)33-16-8-7-11-24(34-27(38)18-22-12-14-23(15-13-22)45(3,42)43)30(40)35-25(31(41)37-28)17-21-9-5-4-6-10-21/h4-6,9-10,12-15,19-20,24-25,28H,7-8,11,16-18H2,1-3H3,(H,33,39)(H,34,38)(H,35,40)(H,37,41)/t24-,25-,28-/m0/s1. The molecule has 0 spiro atoms. The van der Waals surface area contributed by atoms with Crippen molar-refractivity contribution in [3.8, 4) is 0 Å². The molecule has 1 aliphatic rings. The first-order valence-electron chi connectivity index (χ1n) is 14.9. The Labute approximate surface area is 262 Å². The minimum Gasteiger partial charge on any atom is -0.446 e. The molecule has 1 aromatic heterocycles. The van der Waals surface area contributed by atoms with E-state index in [1.54, 1.807) is 12.1 Å². The Bertz CT molecular complexity index is 1600. The van der Waals surface area contributed by atoms with E-state index in [0.29, 0.717) is 24.9 Å². The second-order valence-corrected chi connectivity index (χ2v) is 13.5. The number of aromatic nitrogens is 1. The third-order valence-corrected chi connectivity index (χ3v) is 8.60. The molecular weight excluding hydrogens is 598 g/mol. The molecule has 0 radical (unpaired) electrons. The molecule has 0 unspecified atom stereocenters. The zero-order valence-corrected chi connectivity index (χ0v) is 26.4. The largest absolute Gasteiger partial charge is 0.446 e. The van der Waals surface area contributed by atoms with Crippen molar-refractivity contribution in [1.82, 2.24) is 26.3 Å². The molecule has 0 fully saturated rings. The zero-order valence-electron chi connectivity index (χ0n) is 25.5. The van der Waals surface area contributed by atoms with Gasteiger partial charge in [-0.1, -0.05) is 56.3 Å². The Morgan fingerprint density at radius 2 is 1.69 bits per heavy atom. The maximum atomic E-state index is 13.7. The van der Waals surface area contributed by atoms with Crippen molar-refractivity contribution in [3.63, 3.8) is 0 Å². The van der Waals surface area contributed by atoms with Crippen LogP contribution in [0.1, 0.15) is 66.7 Å². The number of hydrogen-bond donors (Lipinski definition) is 4. The summed E-state index contributed by atoms with van der Waals surface area (Å²) in [5.74, 6) is -1.84. The van der Waals surface area contributed by atoms with Gasteiger partial charge in [-0.3, -0.25) is 19.2 Å². The number of benzene rings is 2. The van der Waals surface area contributed by atoms with Crippen molar-refractivity contribution < 1.29 is 32.0 Å². The van der Waals surface area contributed by atoms with Crippen LogP contribution < -0.4 is 21.3 Å². The molecule has 1 aliphatic heterocycles. The maximum absolute atomic E-state index is 13.7. The number of nitrogens with one attached hydrogen (secondary N) is 4. The number of fused-ring (bicyclic) bond motifs is 2. The van der Waals surface area contributed by atoms with E-state index in [9.17, 15) is 27.6 Å². The van der Waals surface area contributed by atoms with E-state index in [2.05, 4.69) is 26.3 Å². The molecule has 240 valence electrons. The second kappa shape index (κ2) is 15.0. The number of oxazole rings is 1. The number of amides is 4. The second-order valence-electron chi connectivity index (χ2n) is 11.5. The van der Waals surface area contributed by atoms with Crippen LogP contribution in [0.4, 0.5) is 0 Å². The van der Waals surface area contributed by atoms with Gasteiger partial charge in [0.05, 0.1) is 11.3 Å². The van der Waals surface area contributed by atoms with Gasteiger partial charge < -0.3 is 25.7 Å². The molecule has 0 aliphatic carbocycles. The summed E-state index contributed by atoms with van der Waals surface area (Å²) in [4.78, 5) is 57.6. The SMILES string of the molecule is CC(C)[C@@H]1NC(=O)[C@H](Cc2ccccc2)NC(=O)[C@@H](NC(=O)Cc2ccc(S(C)(=O)=O)cc2)CCCCNC(=O)c2coc1n2. The molecule has 4 amide bonds. The molecule has 13 heteroatoms.